The molecule has 166 valence electrons. The van der Waals surface area contributed by atoms with Crippen LogP contribution in [-0.2, 0) is 21.4 Å². The fraction of sp³-hybridized carbons (Fsp3) is 0.364. The van der Waals surface area contributed by atoms with Crippen LogP contribution in [0.15, 0.2) is 53.4 Å². The first-order chi connectivity index (χ1) is 14.7. The normalized spacial score (nSPS) is 14.9. The van der Waals surface area contributed by atoms with Gasteiger partial charge < -0.3 is 15.1 Å². The lowest BCUT2D eigenvalue weighted by Crippen LogP contribution is -2.49. The molecule has 31 heavy (non-hydrogen) atoms. The summed E-state index contributed by atoms with van der Waals surface area (Å²) in [7, 11) is 0.156. The third kappa shape index (κ3) is 5.42. The zero-order chi connectivity index (χ0) is 22.6. The highest BCUT2D eigenvalue weighted by Gasteiger charge is 2.29. The molecular weight excluding hydrogens is 416 g/mol. The van der Waals surface area contributed by atoms with Crippen molar-refractivity contribution in [2.75, 3.05) is 45.2 Å². The van der Waals surface area contributed by atoms with Gasteiger partial charge in [-0.05, 0) is 35.9 Å². The van der Waals surface area contributed by atoms with Gasteiger partial charge in [-0.1, -0.05) is 18.2 Å². The zero-order valence-electron chi connectivity index (χ0n) is 18.0. The second kappa shape index (κ2) is 9.49. The Hall–Kier alpha value is -2.91. The van der Waals surface area contributed by atoms with E-state index in [4.69, 9.17) is 0 Å². The molecule has 3 rings (SSSR count). The van der Waals surface area contributed by atoms with Crippen LogP contribution < -0.4 is 10.2 Å². The van der Waals surface area contributed by atoms with Gasteiger partial charge >= 0.3 is 0 Å². The first-order valence-corrected chi connectivity index (χ1v) is 11.5. The fourth-order valence-electron chi connectivity index (χ4n) is 3.42. The van der Waals surface area contributed by atoms with Gasteiger partial charge in [-0.15, -0.1) is 0 Å². The Morgan fingerprint density at radius 2 is 1.68 bits per heavy atom. The summed E-state index contributed by atoms with van der Waals surface area (Å²) >= 11 is 0. The highest BCUT2D eigenvalue weighted by Crippen LogP contribution is 2.19. The molecule has 0 atom stereocenters. The molecule has 0 aromatic heterocycles. The lowest BCUT2D eigenvalue weighted by Gasteiger charge is -2.33. The average Bonchev–Trinajstić information content (AvgIpc) is 2.77. The molecule has 1 aliphatic rings. The van der Waals surface area contributed by atoms with Crippen molar-refractivity contribution in [2.24, 2.45) is 0 Å². The Kier molecular flexibility index (Phi) is 6.97. The topological polar surface area (TPSA) is 90.0 Å². The molecule has 1 aliphatic heterocycles. The smallest absolute Gasteiger partial charge is 0.251 e. The number of sulfonamides is 1. The Morgan fingerprint density at radius 3 is 2.32 bits per heavy atom. The summed E-state index contributed by atoms with van der Waals surface area (Å²) in [6, 6.07) is 13.9. The average molecular weight is 445 g/mol. The second-order valence-corrected chi connectivity index (χ2v) is 9.62. The van der Waals surface area contributed by atoms with Crippen molar-refractivity contribution in [3.63, 3.8) is 0 Å². The summed E-state index contributed by atoms with van der Waals surface area (Å²) in [4.78, 5) is 27.8. The molecule has 1 fully saturated rings. The van der Waals surface area contributed by atoms with Gasteiger partial charge in [0.2, 0.25) is 15.9 Å². The number of amides is 2. The minimum Gasteiger partial charge on any atom is -0.378 e. The number of piperazine rings is 1. The maximum absolute atomic E-state index is 13.0. The Labute approximate surface area is 183 Å². The molecule has 1 N–H and O–H groups in total. The lowest BCUT2D eigenvalue weighted by molar-refractivity contribution is -0.129. The Bertz CT molecular complexity index is 1060. The Morgan fingerprint density at radius 1 is 1.00 bits per heavy atom. The number of hydrogen-bond donors (Lipinski definition) is 1. The van der Waals surface area contributed by atoms with Crippen molar-refractivity contribution < 1.29 is 18.0 Å². The van der Waals surface area contributed by atoms with E-state index < -0.39 is 10.0 Å². The summed E-state index contributed by atoms with van der Waals surface area (Å²) in [5, 5.41) is 2.85. The van der Waals surface area contributed by atoms with Crippen molar-refractivity contribution in [1.29, 1.82) is 0 Å². The number of anilines is 1. The summed E-state index contributed by atoms with van der Waals surface area (Å²) in [6.45, 7) is 3.01. The van der Waals surface area contributed by atoms with Crippen LogP contribution in [0, 0.1) is 0 Å². The quantitative estimate of drug-likeness (QED) is 0.730. The number of nitrogens with zero attached hydrogens (tertiary/aromatic N) is 3. The molecule has 8 nitrogen and oxygen atoms in total. The molecule has 0 unspecified atom stereocenters. The number of benzene rings is 2. The van der Waals surface area contributed by atoms with E-state index in [0.29, 0.717) is 19.6 Å². The van der Waals surface area contributed by atoms with Gasteiger partial charge in [0.1, 0.15) is 0 Å². The van der Waals surface area contributed by atoms with Crippen LogP contribution in [-0.4, -0.2) is 69.7 Å². The van der Waals surface area contributed by atoms with Crippen LogP contribution in [0.2, 0.25) is 0 Å². The third-order valence-electron chi connectivity index (χ3n) is 5.30. The monoisotopic (exact) mass is 444 g/mol. The largest absolute Gasteiger partial charge is 0.378 e. The fourth-order valence-corrected chi connectivity index (χ4v) is 4.89. The van der Waals surface area contributed by atoms with Crippen molar-refractivity contribution in [3.05, 3.63) is 59.7 Å². The van der Waals surface area contributed by atoms with E-state index in [0.717, 1.165) is 11.3 Å². The predicted molar refractivity (Wildman–Crippen MR) is 119 cm³/mol. The molecule has 0 spiro atoms. The van der Waals surface area contributed by atoms with Crippen LogP contribution in [0.25, 0.3) is 0 Å². The van der Waals surface area contributed by atoms with Crippen molar-refractivity contribution in [3.8, 4) is 0 Å². The molecule has 9 heteroatoms. The van der Waals surface area contributed by atoms with Gasteiger partial charge in [0.15, 0.2) is 0 Å². The predicted octanol–water partition coefficient (Wildman–Crippen LogP) is 1.54. The highest BCUT2D eigenvalue weighted by atomic mass is 32.2. The number of hydrogen-bond acceptors (Lipinski definition) is 5. The van der Waals surface area contributed by atoms with E-state index in [2.05, 4.69) is 5.32 Å². The first-order valence-electron chi connectivity index (χ1n) is 10.1. The van der Waals surface area contributed by atoms with Gasteiger partial charge in [0, 0.05) is 65.0 Å². The molecule has 2 amide bonds. The number of carbonyl (C=O) groups is 2. The maximum atomic E-state index is 13.0. The van der Waals surface area contributed by atoms with Crippen molar-refractivity contribution in [1.82, 2.24) is 14.5 Å². The number of nitrogens with one attached hydrogen (secondary N) is 1. The van der Waals surface area contributed by atoms with E-state index in [1.54, 1.807) is 17.0 Å². The van der Waals surface area contributed by atoms with Gasteiger partial charge in [0.25, 0.3) is 5.91 Å². The minimum atomic E-state index is -3.74. The minimum absolute atomic E-state index is 0.0631. The summed E-state index contributed by atoms with van der Waals surface area (Å²) in [5.74, 6) is -0.402. The van der Waals surface area contributed by atoms with E-state index in [1.165, 1.54) is 23.4 Å². The van der Waals surface area contributed by atoms with Gasteiger partial charge in [-0.25, -0.2) is 8.42 Å². The SMILES string of the molecule is CC(=O)N1CCN(S(=O)(=O)c2cccc(C(=O)NCc3cccc(N(C)C)c3)c2)CC1. The Balaban J connectivity index is 1.68. The van der Waals surface area contributed by atoms with Gasteiger partial charge in [0.05, 0.1) is 4.90 Å². The highest BCUT2D eigenvalue weighted by molar-refractivity contribution is 7.89. The van der Waals surface area contributed by atoms with Gasteiger partial charge in [-0.2, -0.15) is 4.31 Å². The van der Waals surface area contributed by atoms with Crippen LogP contribution >= 0.6 is 0 Å². The van der Waals surface area contributed by atoms with E-state index in [1.807, 2.05) is 43.3 Å². The van der Waals surface area contributed by atoms with E-state index >= 15 is 0 Å². The van der Waals surface area contributed by atoms with Crippen LogP contribution in [0.3, 0.4) is 0 Å². The standard InChI is InChI=1S/C22H28N4O4S/c1-17(27)25-10-12-26(13-11-25)31(29,30)21-9-5-7-19(15-21)22(28)23-16-18-6-4-8-20(14-18)24(2)3/h4-9,14-15H,10-13,16H2,1-3H3,(H,23,28). The molecule has 2 aromatic rings. The maximum Gasteiger partial charge on any atom is 0.251 e. The second-order valence-electron chi connectivity index (χ2n) is 7.68. The first kappa shape index (κ1) is 22.8. The molecule has 1 saturated heterocycles. The molecule has 2 aromatic carbocycles. The lowest BCUT2D eigenvalue weighted by atomic mass is 10.1. The zero-order valence-corrected chi connectivity index (χ0v) is 18.9. The van der Waals surface area contributed by atoms with Crippen molar-refractivity contribution >= 4 is 27.5 Å². The van der Waals surface area contributed by atoms with Crippen molar-refractivity contribution in [2.45, 2.75) is 18.4 Å². The summed E-state index contributed by atoms with van der Waals surface area (Å²) < 4.78 is 27.4. The third-order valence-corrected chi connectivity index (χ3v) is 7.19. The van der Waals surface area contributed by atoms with Crippen LogP contribution in [0.5, 0.6) is 0 Å². The summed E-state index contributed by atoms with van der Waals surface area (Å²) in [6.07, 6.45) is 0. The van der Waals surface area contributed by atoms with Crippen LogP contribution in [0.1, 0.15) is 22.8 Å². The molecule has 0 saturated carbocycles. The van der Waals surface area contributed by atoms with E-state index in [9.17, 15) is 18.0 Å². The molecule has 0 radical (unpaired) electrons. The molecule has 0 aliphatic carbocycles. The molecule has 0 bridgehead atoms. The number of carbonyl (C=O) groups excluding carboxylic acids is 2. The van der Waals surface area contributed by atoms with Gasteiger partial charge in [-0.3, -0.25) is 9.59 Å². The van der Waals surface area contributed by atoms with E-state index in [-0.39, 0.29) is 35.4 Å². The summed E-state index contributed by atoms with van der Waals surface area (Å²) in [5.41, 5.74) is 2.27. The van der Waals surface area contributed by atoms with Crippen LogP contribution in [0.4, 0.5) is 5.69 Å². The molecule has 1 heterocycles. The number of rotatable bonds is 6. The molecular formula is C22H28N4O4S.